The second-order valence-electron chi connectivity index (χ2n) is 5.97. The van der Waals surface area contributed by atoms with Crippen LogP contribution in [-0.2, 0) is 17.9 Å². The van der Waals surface area contributed by atoms with Crippen LogP contribution in [0, 0.1) is 11.8 Å². The molecule has 1 amide bonds. The van der Waals surface area contributed by atoms with Crippen LogP contribution in [0.3, 0.4) is 0 Å². The fourth-order valence-electron chi connectivity index (χ4n) is 2.88. The monoisotopic (exact) mass is 278 g/mol. The molecule has 1 aliphatic rings. The van der Waals surface area contributed by atoms with Gasteiger partial charge in [-0.15, -0.1) is 0 Å². The van der Waals surface area contributed by atoms with Crippen LogP contribution in [-0.4, -0.2) is 33.4 Å². The molecular formula is C15H26N4O. The van der Waals surface area contributed by atoms with Gasteiger partial charge in [0.05, 0.1) is 6.54 Å². The second kappa shape index (κ2) is 6.88. The molecule has 0 saturated carbocycles. The molecule has 2 rings (SSSR count). The number of hydrogen-bond donors (Lipinski definition) is 1. The fourth-order valence-corrected chi connectivity index (χ4v) is 2.88. The number of carbonyl (C=O) groups excluding carboxylic acids is 1. The molecule has 1 aromatic rings. The van der Waals surface area contributed by atoms with Gasteiger partial charge in [0.1, 0.15) is 5.82 Å². The number of imidazole rings is 1. The highest BCUT2D eigenvalue weighted by Crippen LogP contribution is 2.21. The highest BCUT2D eigenvalue weighted by atomic mass is 16.2. The van der Waals surface area contributed by atoms with Crippen LogP contribution < -0.4 is 5.73 Å². The minimum atomic E-state index is 0.252. The Kier molecular flexibility index (Phi) is 5.17. The summed E-state index contributed by atoms with van der Waals surface area (Å²) in [6.07, 6.45) is 6.37. The van der Waals surface area contributed by atoms with Gasteiger partial charge in [0.2, 0.25) is 5.91 Å². The normalized spacial score (nSPS) is 16.3. The number of carbonyl (C=O) groups is 1. The number of hydrogen-bond acceptors (Lipinski definition) is 3. The molecule has 1 aliphatic heterocycles. The topological polar surface area (TPSA) is 64.2 Å². The van der Waals surface area contributed by atoms with Crippen LogP contribution in [0.4, 0.5) is 0 Å². The Labute approximate surface area is 121 Å². The Balaban J connectivity index is 1.83. The maximum absolute atomic E-state index is 12.3. The average molecular weight is 278 g/mol. The number of fused-ring (bicyclic) bond motifs is 1. The van der Waals surface area contributed by atoms with Gasteiger partial charge in [0, 0.05) is 31.9 Å². The van der Waals surface area contributed by atoms with E-state index < -0.39 is 0 Å². The zero-order valence-corrected chi connectivity index (χ0v) is 12.6. The number of rotatable bonds is 6. The average Bonchev–Trinajstić information content (AvgIpc) is 2.89. The van der Waals surface area contributed by atoms with Gasteiger partial charge in [-0.3, -0.25) is 4.79 Å². The first-order chi connectivity index (χ1) is 9.61. The Morgan fingerprint density at radius 1 is 1.40 bits per heavy atom. The van der Waals surface area contributed by atoms with Gasteiger partial charge in [-0.05, 0) is 31.2 Å². The van der Waals surface area contributed by atoms with Crippen molar-refractivity contribution in [2.75, 3.05) is 13.1 Å². The largest absolute Gasteiger partial charge is 0.333 e. The lowest BCUT2D eigenvalue weighted by Crippen LogP contribution is -2.38. The van der Waals surface area contributed by atoms with Crippen molar-refractivity contribution < 1.29 is 4.79 Å². The van der Waals surface area contributed by atoms with Crippen LogP contribution in [0.5, 0.6) is 0 Å². The van der Waals surface area contributed by atoms with E-state index in [4.69, 9.17) is 5.73 Å². The van der Waals surface area contributed by atoms with E-state index in [9.17, 15) is 4.79 Å². The van der Waals surface area contributed by atoms with Crippen molar-refractivity contribution in [2.24, 2.45) is 17.6 Å². The van der Waals surface area contributed by atoms with E-state index in [-0.39, 0.29) is 5.91 Å². The van der Waals surface area contributed by atoms with Crippen molar-refractivity contribution in [3.8, 4) is 0 Å². The molecular weight excluding hydrogens is 252 g/mol. The van der Waals surface area contributed by atoms with Crippen molar-refractivity contribution >= 4 is 5.91 Å². The summed E-state index contributed by atoms with van der Waals surface area (Å²) < 4.78 is 2.12. The van der Waals surface area contributed by atoms with E-state index in [1.54, 1.807) is 6.20 Å². The second-order valence-corrected chi connectivity index (χ2v) is 5.97. The van der Waals surface area contributed by atoms with E-state index in [2.05, 4.69) is 23.4 Å². The van der Waals surface area contributed by atoms with E-state index in [0.29, 0.717) is 31.3 Å². The van der Waals surface area contributed by atoms with Gasteiger partial charge in [0.25, 0.3) is 0 Å². The van der Waals surface area contributed by atoms with Crippen molar-refractivity contribution in [1.82, 2.24) is 14.5 Å². The summed E-state index contributed by atoms with van der Waals surface area (Å²) >= 11 is 0. The fraction of sp³-hybridized carbons (Fsp3) is 0.733. The van der Waals surface area contributed by atoms with E-state index in [1.807, 2.05) is 11.1 Å². The standard InChI is InChI=1S/C15H26N4O/c1-12(2)13(5-6-16)3-4-15(20)19-10-9-18-8-7-17-14(18)11-19/h7-8,12-13H,3-6,9-11,16H2,1-2H3. The molecule has 5 nitrogen and oxygen atoms in total. The lowest BCUT2D eigenvalue weighted by Gasteiger charge is -2.28. The van der Waals surface area contributed by atoms with Gasteiger partial charge < -0.3 is 15.2 Å². The Bertz CT molecular complexity index is 441. The minimum Gasteiger partial charge on any atom is -0.333 e. The highest BCUT2D eigenvalue weighted by molar-refractivity contribution is 5.76. The smallest absolute Gasteiger partial charge is 0.223 e. The first-order valence-corrected chi connectivity index (χ1v) is 7.59. The van der Waals surface area contributed by atoms with E-state index in [1.165, 1.54) is 0 Å². The van der Waals surface area contributed by atoms with Crippen LogP contribution >= 0.6 is 0 Å². The molecule has 0 fully saturated rings. The first kappa shape index (κ1) is 15.0. The van der Waals surface area contributed by atoms with Crippen LogP contribution in [0.2, 0.25) is 0 Å². The van der Waals surface area contributed by atoms with Crippen LogP contribution in [0.15, 0.2) is 12.4 Å². The van der Waals surface area contributed by atoms with Crippen molar-refractivity contribution in [3.63, 3.8) is 0 Å². The molecule has 0 bridgehead atoms. The van der Waals surface area contributed by atoms with Gasteiger partial charge in [-0.2, -0.15) is 0 Å². The summed E-state index contributed by atoms with van der Waals surface area (Å²) in [5, 5.41) is 0. The summed E-state index contributed by atoms with van der Waals surface area (Å²) in [4.78, 5) is 18.5. The molecule has 20 heavy (non-hydrogen) atoms. The molecule has 2 heterocycles. The molecule has 1 aromatic heterocycles. The van der Waals surface area contributed by atoms with Gasteiger partial charge in [0.15, 0.2) is 0 Å². The van der Waals surface area contributed by atoms with Gasteiger partial charge >= 0.3 is 0 Å². The molecule has 0 spiro atoms. The number of nitrogens with two attached hydrogens (primary N) is 1. The lowest BCUT2D eigenvalue weighted by molar-refractivity contribution is -0.133. The zero-order valence-electron chi connectivity index (χ0n) is 12.6. The highest BCUT2D eigenvalue weighted by Gasteiger charge is 2.22. The molecule has 0 aliphatic carbocycles. The first-order valence-electron chi connectivity index (χ1n) is 7.59. The molecule has 0 saturated heterocycles. The van der Waals surface area contributed by atoms with E-state index in [0.717, 1.165) is 31.8 Å². The van der Waals surface area contributed by atoms with Crippen LogP contribution in [0.1, 0.15) is 38.9 Å². The number of amides is 1. The number of nitrogens with zero attached hydrogens (tertiary/aromatic N) is 3. The zero-order chi connectivity index (χ0) is 14.5. The Morgan fingerprint density at radius 2 is 2.20 bits per heavy atom. The molecule has 5 heteroatoms. The quantitative estimate of drug-likeness (QED) is 0.860. The summed E-state index contributed by atoms with van der Waals surface area (Å²) in [6, 6.07) is 0. The SMILES string of the molecule is CC(C)C(CCN)CCC(=O)N1CCn2ccnc2C1. The Hall–Kier alpha value is -1.36. The maximum atomic E-state index is 12.3. The number of aromatic nitrogens is 2. The van der Waals surface area contributed by atoms with Crippen molar-refractivity contribution in [1.29, 1.82) is 0 Å². The minimum absolute atomic E-state index is 0.252. The predicted octanol–water partition coefficient (Wildman–Crippen LogP) is 1.63. The summed E-state index contributed by atoms with van der Waals surface area (Å²) in [6.45, 7) is 7.43. The third-order valence-electron chi connectivity index (χ3n) is 4.31. The molecule has 112 valence electrons. The van der Waals surface area contributed by atoms with Gasteiger partial charge in [-0.25, -0.2) is 4.98 Å². The van der Waals surface area contributed by atoms with Gasteiger partial charge in [-0.1, -0.05) is 13.8 Å². The summed E-state index contributed by atoms with van der Waals surface area (Å²) in [5.41, 5.74) is 5.65. The summed E-state index contributed by atoms with van der Waals surface area (Å²) in [5.74, 6) is 2.39. The third-order valence-corrected chi connectivity index (χ3v) is 4.31. The molecule has 2 N–H and O–H groups in total. The maximum Gasteiger partial charge on any atom is 0.223 e. The molecule has 0 radical (unpaired) electrons. The molecule has 0 aromatic carbocycles. The predicted molar refractivity (Wildman–Crippen MR) is 78.9 cm³/mol. The Morgan fingerprint density at radius 3 is 2.90 bits per heavy atom. The lowest BCUT2D eigenvalue weighted by atomic mass is 9.88. The van der Waals surface area contributed by atoms with Crippen molar-refractivity contribution in [2.45, 2.75) is 46.2 Å². The summed E-state index contributed by atoms with van der Waals surface area (Å²) in [7, 11) is 0. The third kappa shape index (κ3) is 3.60. The van der Waals surface area contributed by atoms with Crippen molar-refractivity contribution in [3.05, 3.63) is 18.2 Å². The van der Waals surface area contributed by atoms with Crippen LogP contribution in [0.25, 0.3) is 0 Å². The molecule has 1 atom stereocenters. The van der Waals surface area contributed by atoms with E-state index >= 15 is 0 Å². The molecule has 1 unspecified atom stereocenters.